The molecule has 0 bridgehead atoms. The van der Waals surface area contributed by atoms with E-state index in [9.17, 15) is 27.9 Å². The number of rotatable bonds is 7. The van der Waals surface area contributed by atoms with Crippen molar-refractivity contribution in [1.82, 2.24) is 14.5 Å². The first-order valence-corrected chi connectivity index (χ1v) is 12.0. The Bertz CT molecular complexity index is 1290. The largest absolute Gasteiger partial charge is 0.573 e. The van der Waals surface area contributed by atoms with Gasteiger partial charge in [-0.3, -0.25) is 14.2 Å². The molecule has 196 valence electrons. The van der Waals surface area contributed by atoms with E-state index in [-0.39, 0.29) is 42.5 Å². The van der Waals surface area contributed by atoms with E-state index < -0.39 is 23.3 Å². The zero-order valence-electron chi connectivity index (χ0n) is 20.3. The molecule has 37 heavy (non-hydrogen) atoms. The van der Waals surface area contributed by atoms with Crippen LogP contribution in [0.1, 0.15) is 37.7 Å². The Hall–Kier alpha value is -3.66. The lowest BCUT2D eigenvalue weighted by atomic mass is 9.90. The van der Waals surface area contributed by atoms with Gasteiger partial charge < -0.3 is 14.7 Å². The Morgan fingerprint density at radius 3 is 2.41 bits per heavy atom. The van der Waals surface area contributed by atoms with Crippen LogP contribution in [-0.2, 0) is 11.3 Å². The van der Waals surface area contributed by atoms with Crippen molar-refractivity contribution in [3.63, 3.8) is 0 Å². The Morgan fingerprint density at radius 1 is 1.11 bits per heavy atom. The summed E-state index contributed by atoms with van der Waals surface area (Å²) in [5.74, 6) is -0.373. The molecule has 0 radical (unpaired) electrons. The highest BCUT2D eigenvalue weighted by Gasteiger charge is 2.35. The van der Waals surface area contributed by atoms with Gasteiger partial charge in [0, 0.05) is 31.1 Å². The molecule has 0 aliphatic carbocycles. The number of hydrogen-bond acceptors (Lipinski definition) is 5. The van der Waals surface area contributed by atoms with Crippen LogP contribution >= 0.6 is 0 Å². The zero-order valence-corrected chi connectivity index (χ0v) is 20.3. The molecule has 1 amide bonds. The average molecular weight is 516 g/mol. The number of halogens is 3. The van der Waals surface area contributed by atoms with Crippen LogP contribution in [0.4, 0.5) is 13.2 Å². The van der Waals surface area contributed by atoms with Crippen LogP contribution in [0.25, 0.3) is 11.3 Å². The summed E-state index contributed by atoms with van der Waals surface area (Å²) in [7, 11) is 0. The number of carbonyl (C=O) groups is 1. The number of para-hydroxylation sites is 1. The van der Waals surface area contributed by atoms with E-state index in [1.54, 1.807) is 4.90 Å². The molecule has 2 heterocycles. The maximum absolute atomic E-state index is 12.8. The van der Waals surface area contributed by atoms with E-state index in [0.717, 1.165) is 17.7 Å². The van der Waals surface area contributed by atoms with Crippen LogP contribution < -0.4 is 10.3 Å². The van der Waals surface area contributed by atoms with Crippen LogP contribution in [0, 0.1) is 0 Å². The minimum atomic E-state index is -4.88. The summed E-state index contributed by atoms with van der Waals surface area (Å²) >= 11 is 0. The number of nitrogens with zero attached hydrogens (tertiary/aromatic N) is 3. The summed E-state index contributed by atoms with van der Waals surface area (Å²) in [4.78, 5) is 31.4. The quantitative estimate of drug-likeness (QED) is 0.506. The third-order valence-electron chi connectivity index (χ3n) is 6.63. The lowest BCUT2D eigenvalue weighted by molar-refractivity contribution is -0.274. The Morgan fingerprint density at radius 2 is 1.76 bits per heavy atom. The van der Waals surface area contributed by atoms with Gasteiger partial charge in [-0.2, -0.15) is 0 Å². The summed E-state index contributed by atoms with van der Waals surface area (Å²) in [5.41, 5.74) is -0.588. The summed E-state index contributed by atoms with van der Waals surface area (Å²) in [5, 5.41) is 11.1. The SMILES string of the molecule is CC(CC(=O)N1CCC(O)(Cn2cnc(-c3ccccc3OC(F)(F)F)cc2=O)CC1)c1ccccc1. The van der Waals surface area contributed by atoms with Crippen LogP contribution in [0.3, 0.4) is 0 Å². The predicted octanol–water partition coefficient (Wildman–Crippen LogP) is 4.36. The molecule has 1 atom stereocenters. The van der Waals surface area contributed by atoms with E-state index in [2.05, 4.69) is 9.72 Å². The Balaban J connectivity index is 1.39. The molecule has 7 nitrogen and oxygen atoms in total. The van der Waals surface area contributed by atoms with Crippen molar-refractivity contribution in [1.29, 1.82) is 0 Å². The van der Waals surface area contributed by atoms with Crippen molar-refractivity contribution < 1.29 is 27.8 Å². The van der Waals surface area contributed by atoms with Crippen molar-refractivity contribution in [3.05, 3.63) is 82.9 Å². The van der Waals surface area contributed by atoms with Crippen molar-refractivity contribution >= 4 is 5.91 Å². The number of aromatic nitrogens is 2. The molecule has 0 saturated carbocycles. The molecule has 1 fully saturated rings. The minimum Gasteiger partial charge on any atom is -0.405 e. The van der Waals surface area contributed by atoms with Gasteiger partial charge in [-0.15, -0.1) is 13.2 Å². The second-order valence-electron chi connectivity index (χ2n) is 9.41. The van der Waals surface area contributed by atoms with Crippen molar-refractivity contribution in [2.75, 3.05) is 13.1 Å². The van der Waals surface area contributed by atoms with Gasteiger partial charge in [-0.25, -0.2) is 4.98 Å². The first kappa shape index (κ1) is 26.4. The molecule has 1 aliphatic rings. The number of benzene rings is 2. The summed E-state index contributed by atoms with van der Waals surface area (Å²) in [6.45, 7) is 2.69. The number of amides is 1. The fourth-order valence-electron chi connectivity index (χ4n) is 4.52. The molecule has 4 rings (SSSR count). The third kappa shape index (κ3) is 6.76. The normalized spacial score (nSPS) is 16.3. The van der Waals surface area contributed by atoms with Crippen LogP contribution in [0.5, 0.6) is 5.75 Å². The zero-order chi connectivity index (χ0) is 26.6. The van der Waals surface area contributed by atoms with Crippen LogP contribution in [0.15, 0.2) is 71.8 Å². The number of alkyl halides is 3. The summed E-state index contributed by atoms with van der Waals surface area (Å²) < 4.78 is 43.5. The number of carbonyl (C=O) groups excluding carboxylic acids is 1. The fourth-order valence-corrected chi connectivity index (χ4v) is 4.52. The van der Waals surface area contributed by atoms with Gasteiger partial charge in [0.05, 0.1) is 24.2 Å². The molecule has 2 aromatic carbocycles. The van der Waals surface area contributed by atoms with Crippen molar-refractivity contribution in [2.24, 2.45) is 0 Å². The van der Waals surface area contributed by atoms with Gasteiger partial charge >= 0.3 is 6.36 Å². The van der Waals surface area contributed by atoms with Gasteiger partial charge in [0.2, 0.25) is 5.91 Å². The first-order chi connectivity index (χ1) is 17.5. The lowest BCUT2D eigenvalue weighted by Gasteiger charge is -2.38. The molecule has 1 N–H and O–H groups in total. The molecular weight excluding hydrogens is 487 g/mol. The molecule has 1 unspecified atom stereocenters. The van der Waals surface area contributed by atoms with E-state index in [4.69, 9.17) is 0 Å². The van der Waals surface area contributed by atoms with Gasteiger partial charge in [0.25, 0.3) is 5.56 Å². The number of ether oxygens (including phenoxy) is 1. The number of likely N-dealkylation sites (tertiary alicyclic amines) is 1. The summed E-state index contributed by atoms with van der Waals surface area (Å²) in [6, 6.07) is 16.3. The average Bonchev–Trinajstić information content (AvgIpc) is 2.85. The second kappa shape index (κ2) is 10.8. The molecule has 0 spiro atoms. The predicted molar refractivity (Wildman–Crippen MR) is 131 cm³/mol. The molecule has 1 aromatic heterocycles. The second-order valence-corrected chi connectivity index (χ2v) is 9.41. The molecule has 1 aliphatic heterocycles. The van der Waals surface area contributed by atoms with E-state index in [0.29, 0.717) is 19.5 Å². The molecular formula is C27H28F3N3O4. The van der Waals surface area contributed by atoms with E-state index in [1.807, 2.05) is 37.3 Å². The highest BCUT2D eigenvalue weighted by Crippen LogP contribution is 2.32. The van der Waals surface area contributed by atoms with Gasteiger partial charge in [0.15, 0.2) is 0 Å². The maximum Gasteiger partial charge on any atom is 0.573 e. The van der Waals surface area contributed by atoms with Crippen molar-refractivity contribution in [3.8, 4) is 17.0 Å². The van der Waals surface area contributed by atoms with Crippen LogP contribution in [0.2, 0.25) is 0 Å². The van der Waals surface area contributed by atoms with E-state index >= 15 is 0 Å². The molecule has 10 heteroatoms. The smallest absolute Gasteiger partial charge is 0.405 e. The molecule has 1 saturated heterocycles. The minimum absolute atomic E-state index is 0.0151. The first-order valence-electron chi connectivity index (χ1n) is 12.0. The fraction of sp³-hybridized carbons (Fsp3) is 0.370. The number of aliphatic hydroxyl groups is 1. The standard InChI is InChI=1S/C27H28F3N3O4/c1-19(20-7-3-2-4-8-20)15-24(34)32-13-11-26(36,12-14-32)17-33-18-31-22(16-25(33)35)21-9-5-6-10-23(21)37-27(28,29)30/h2-10,16,18-19,36H,11-15,17H2,1H3. The third-order valence-corrected chi connectivity index (χ3v) is 6.63. The molecule has 3 aromatic rings. The number of hydrogen-bond donors (Lipinski definition) is 1. The Kier molecular flexibility index (Phi) is 7.68. The topological polar surface area (TPSA) is 84.7 Å². The van der Waals surface area contributed by atoms with Gasteiger partial charge in [0.1, 0.15) is 5.75 Å². The van der Waals surface area contributed by atoms with E-state index in [1.165, 1.54) is 29.1 Å². The monoisotopic (exact) mass is 515 g/mol. The highest BCUT2D eigenvalue weighted by atomic mass is 19.4. The van der Waals surface area contributed by atoms with Gasteiger partial charge in [-0.05, 0) is 36.5 Å². The lowest BCUT2D eigenvalue weighted by Crippen LogP contribution is -2.49. The Labute approximate surface area is 212 Å². The highest BCUT2D eigenvalue weighted by molar-refractivity contribution is 5.77. The maximum atomic E-state index is 12.8. The summed E-state index contributed by atoms with van der Waals surface area (Å²) in [6.07, 6.45) is -2.74. The van der Waals surface area contributed by atoms with Crippen LogP contribution in [-0.4, -0.2) is 50.5 Å². The van der Waals surface area contributed by atoms with Crippen molar-refractivity contribution in [2.45, 2.75) is 50.6 Å². The number of piperidine rings is 1. The van der Waals surface area contributed by atoms with Gasteiger partial charge in [-0.1, -0.05) is 49.4 Å².